The smallest absolute Gasteiger partial charge is 0.0703 e. The molecule has 0 aromatic rings. The summed E-state index contributed by atoms with van der Waals surface area (Å²) in [5.41, 5.74) is 6.17. The Morgan fingerprint density at radius 2 is 1.85 bits per heavy atom. The van der Waals surface area contributed by atoms with E-state index in [2.05, 4.69) is 0 Å². The number of nitrogens with two attached hydrogens (primary N) is 1. The van der Waals surface area contributed by atoms with Gasteiger partial charge >= 0.3 is 0 Å². The van der Waals surface area contributed by atoms with Crippen molar-refractivity contribution in [2.24, 2.45) is 11.1 Å². The SMILES string of the molecule is NCC1CC2(CCCCCC2)CO1. The van der Waals surface area contributed by atoms with E-state index in [0.717, 1.165) is 6.61 Å². The Morgan fingerprint density at radius 1 is 1.15 bits per heavy atom. The maximum absolute atomic E-state index is 5.73. The molecule has 1 aliphatic heterocycles. The Morgan fingerprint density at radius 3 is 2.38 bits per heavy atom. The lowest BCUT2D eigenvalue weighted by atomic mass is 9.78. The average molecular weight is 183 g/mol. The molecule has 2 heteroatoms. The topological polar surface area (TPSA) is 35.2 Å². The van der Waals surface area contributed by atoms with Crippen LogP contribution in [0.25, 0.3) is 0 Å². The van der Waals surface area contributed by atoms with Gasteiger partial charge in [-0.3, -0.25) is 0 Å². The maximum atomic E-state index is 5.73. The van der Waals surface area contributed by atoms with Crippen LogP contribution in [0.5, 0.6) is 0 Å². The number of hydrogen-bond donors (Lipinski definition) is 1. The van der Waals surface area contributed by atoms with Crippen LogP contribution in [0.15, 0.2) is 0 Å². The molecule has 13 heavy (non-hydrogen) atoms. The van der Waals surface area contributed by atoms with Gasteiger partial charge in [0, 0.05) is 6.54 Å². The summed E-state index contributed by atoms with van der Waals surface area (Å²) in [5.74, 6) is 0. The largest absolute Gasteiger partial charge is 0.376 e. The maximum Gasteiger partial charge on any atom is 0.0703 e. The van der Waals surface area contributed by atoms with Crippen LogP contribution >= 0.6 is 0 Å². The van der Waals surface area contributed by atoms with Gasteiger partial charge in [0.2, 0.25) is 0 Å². The fraction of sp³-hybridized carbons (Fsp3) is 1.00. The van der Waals surface area contributed by atoms with Crippen molar-refractivity contribution >= 4 is 0 Å². The Labute approximate surface area is 80.8 Å². The lowest BCUT2D eigenvalue weighted by Crippen LogP contribution is -2.22. The van der Waals surface area contributed by atoms with E-state index in [9.17, 15) is 0 Å². The summed E-state index contributed by atoms with van der Waals surface area (Å²) in [5, 5.41) is 0. The fourth-order valence-corrected chi connectivity index (χ4v) is 2.87. The first-order chi connectivity index (χ1) is 6.35. The zero-order chi connectivity index (χ0) is 9.15. The van der Waals surface area contributed by atoms with Crippen LogP contribution < -0.4 is 5.73 Å². The van der Waals surface area contributed by atoms with E-state index in [1.165, 1.54) is 44.9 Å². The van der Waals surface area contributed by atoms with Gasteiger partial charge in [0.05, 0.1) is 12.7 Å². The van der Waals surface area contributed by atoms with E-state index in [4.69, 9.17) is 10.5 Å². The third-order valence-electron chi connectivity index (χ3n) is 3.71. The minimum absolute atomic E-state index is 0.359. The van der Waals surface area contributed by atoms with E-state index in [-0.39, 0.29) is 0 Å². The molecule has 0 radical (unpaired) electrons. The van der Waals surface area contributed by atoms with Crippen LogP contribution in [0.1, 0.15) is 44.9 Å². The molecule has 2 aliphatic rings. The van der Waals surface area contributed by atoms with Crippen molar-refractivity contribution in [1.82, 2.24) is 0 Å². The van der Waals surface area contributed by atoms with E-state index < -0.39 is 0 Å². The molecular weight excluding hydrogens is 162 g/mol. The second-order valence-electron chi connectivity index (χ2n) is 4.79. The van der Waals surface area contributed by atoms with Gasteiger partial charge in [-0.05, 0) is 24.7 Å². The molecule has 0 amide bonds. The van der Waals surface area contributed by atoms with E-state index in [1.807, 2.05) is 0 Å². The van der Waals surface area contributed by atoms with Crippen LogP contribution in [0.2, 0.25) is 0 Å². The second-order valence-corrected chi connectivity index (χ2v) is 4.79. The molecule has 1 unspecified atom stereocenters. The minimum atomic E-state index is 0.359. The van der Waals surface area contributed by atoms with Gasteiger partial charge in [-0.1, -0.05) is 25.7 Å². The normalized spacial score (nSPS) is 33.5. The molecule has 0 aromatic carbocycles. The van der Waals surface area contributed by atoms with Gasteiger partial charge < -0.3 is 10.5 Å². The van der Waals surface area contributed by atoms with Gasteiger partial charge in [0.1, 0.15) is 0 Å². The molecular formula is C11H21NO. The van der Waals surface area contributed by atoms with Crippen LogP contribution in [-0.2, 0) is 4.74 Å². The van der Waals surface area contributed by atoms with Gasteiger partial charge in [-0.2, -0.15) is 0 Å². The van der Waals surface area contributed by atoms with Crippen molar-refractivity contribution in [3.8, 4) is 0 Å². The molecule has 1 saturated carbocycles. The second kappa shape index (κ2) is 3.97. The molecule has 1 heterocycles. The highest BCUT2D eigenvalue weighted by Gasteiger charge is 2.39. The number of hydrogen-bond acceptors (Lipinski definition) is 2. The van der Waals surface area contributed by atoms with Crippen molar-refractivity contribution in [2.75, 3.05) is 13.2 Å². The molecule has 1 spiro atoms. The highest BCUT2D eigenvalue weighted by Crippen LogP contribution is 2.43. The number of ether oxygens (including phenoxy) is 1. The van der Waals surface area contributed by atoms with Crippen molar-refractivity contribution < 1.29 is 4.74 Å². The van der Waals surface area contributed by atoms with Gasteiger partial charge in [-0.15, -0.1) is 0 Å². The molecule has 2 rings (SSSR count). The Kier molecular flexibility index (Phi) is 2.89. The molecule has 1 atom stereocenters. The molecule has 0 bridgehead atoms. The monoisotopic (exact) mass is 183 g/mol. The van der Waals surface area contributed by atoms with Crippen LogP contribution in [-0.4, -0.2) is 19.3 Å². The van der Waals surface area contributed by atoms with Crippen molar-refractivity contribution in [3.63, 3.8) is 0 Å². The Bertz CT molecular complexity index is 161. The predicted octanol–water partition coefficient (Wildman–Crippen LogP) is 2.07. The third kappa shape index (κ3) is 2.05. The molecule has 1 saturated heterocycles. The summed E-state index contributed by atoms with van der Waals surface area (Å²) in [6.45, 7) is 1.69. The van der Waals surface area contributed by atoms with Gasteiger partial charge in [0.25, 0.3) is 0 Å². The lowest BCUT2D eigenvalue weighted by molar-refractivity contribution is 0.0954. The summed E-state index contributed by atoms with van der Waals surface area (Å²) in [6, 6.07) is 0. The van der Waals surface area contributed by atoms with Crippen molar-refractivity contribution in [2.45, 2.75) is 51.0 Å². The van der Waals surface area contributed by atoms with Crippen LogP contribution in [0.4, 0.5) is 0 Å². The van der Waals surface area contributed by atoms with E-state index in [1.54, 1.807) is 0 Å². The highest BCUT2D eigenvalue weighted by molar-refractivity contribution is 4.89. The van der Waals surface area contributed by atoms with Crippen LogP contribution in [0, 0.1) is 5.41 Å². The van der Waals surface area contributed by atoms with Crippen molar-refractivity contribution in [1.29, 1.82) is 0 Å². The molecule has 1 aliphatic carbocycles. The third-order valence-corrected chi connectivity index (χ3v) is 3.71. The molecule has 0 aromatic heterocycles. The quantitative estimate of drug-likeness (QED) is 0.675. The van der Waals surface area contributed by atoms with Crippen LogP contribution in [0.3, 0.4) is 0 Å². The van der Waals surface area contributed by atoms with E-state index >= 15 is 0 Å². The molecule has 2 fully saturated rings. The Hall–Kier alpha value is -0.0800. The molecule has 2 N–H and O–H groups in total. The number of rotatable bonds is 1. The Balaban J connectivity index is 1.95. The summed E-state index contributed by atoms with van der Waals surface area (Å²) >= 11 is 0. The minimum Gasteiger partial charge on any atom is -0.376 e. The fourth-order valence-electron chi connectivity index (χ4n) is 2.87. The summed E-state index contributed by atoms with van der Waals surface area (Å²) < 4.78 is 5.73. The summed E-state index contributed by atoms with van der Waals surface area (Å²) in [6.07, 6.45) is 10.0. The predicted molar refractivity (Wildman–Crippen MR) is 53.5 cm³/mol. The molecule has 2 nitrogen and oxygen atoms in total. The first-order valence-electron chi connectivity index (χ1n) is 5.66. The highest BCUT2D eigenvalue weighted by atomic mass is 16.5. The van der Waals surface area contributed by atoms with Gasteiger partial charge in [-0.25, -0.2) is 0 Å². The van der Waals surface area contributed by atoms with Gasteiger partial charge in [0.15, 0.2) is 0 Å². The first kappa shape index (κ1) is 9.47. The first-order valence-corrected chi connectivity index (χ1v) is 5.66. The van der Waals surface area contributed by atoms with Crippen molar-refractivity contribution in [3.05, 3.63) is 0 Å². The summed E-state index contributed by atoms with van der Waals surface area (Å²) in [4.78, 5) is 0. The standard InChI is InChI=1S/C11H21NO/c12-8-10-7-11(9-13-10)5-3-1-2-4-6-11/h10H,1-9,12H2. The van der Waals surface area contributed by atoms with E-state index in [0.29, 0.717) is 18.1 Å². The zero-order valence-corrected chi connectivity index (χ0v) is 8.43. The average Bonchev–Trinajstić information content (AvgIpc) is 2.40. The zero-order valence-electron chi connectivity index (χ0n) is 8.43. The molecule has 76 valence electrons. The lowest BCUT2D eigenvalue weighted by Gasteiger charge is -2.25. The summed E-state index contributed by atoms with van der Waals surface area (Å²) in [7, 11) is 0.